The predicted octanol–water partition coefficient (Wildman–Crippen LogP) is 4.31. The van der Waals surface area contributed by atoms with E-state index >= 15 is 0 Å². The Kier molecular flexibility index (Phi) is 4.23. The number of nitrogens with zero attached hydrogens (tertiary/aromatic N) is 1. The molecule has 1 saturated carbocycles. The molecule has 134 valence electrons. The highest BCUT2D eigenvalue weighted by molar-refractivity contribution is 6.30. The van der Waals surface area contributed by atoms with Crippen LogP contribution in [-0.4, -0.2) is 18.4 Å². The smallest absolute Gasteiger partial charge is 0.235 e. The van der Waals surface area contributed by atoms with E-state index in [1.807, 2.05) is 42.5 Å². The Morgan fingerprint density at radius 1 is 1.12 bits per heavy atom. The van der Waals surface area contributed by atoms with Crippen molar-refractivity contribution in [3.8, 4) is 0 Å². The Labute approximate surface area is 158 Å². The van der Waals surface area contributed by atoms with Gasteiger partial charge in [-0.25, -0.2) is 0 Å². The van der Waals surface area contributed by atoms with E-state index in [-0.39, 0.29) is 11.8 Å². The lowest BCUT2D eigenvalue weighted by atomic mass is 9.64. The highest BCUT2D eigenvalue weighted by atomic mass is 35.5. The molecule has 0 bridgehead atoms. The van der Waals surface area contributed by atoms with Gasteiger partial charge in [0, 0.05) is 29.9 Å². The summed E-state index contributed by atoms with van der Waals surface area (Å²) >= 11 is 5.99. The summed E-state index contributed by atoms with van der Waals surface area (Å²) in [4.78, 5) is 26.5. The highest BCUT2D eigenvalue weighted by Gasteiger charge is 2.45. The zero-order chi connectivity index (χ0) is 18.3. The van der Waals surface area contributed by atoms with Crippen molar-refractivity contribution >= 4 is 34.8 Å². The van der Waals surface area contributed by atoms with Crippen LogP contribution in [0, 0.1) is 0 Å². The molecule has 1 fully saturated rings. The summed E-state index contributed by atoms with van der Waals surface area (Å²) in [5.74, 6) is 0.0872. The molecule has 0 radical (unpaired) electrons. The SMILES string of the molecule is CC(=O)N1CCc2cc(NC(=O)C3(c4ccc(Cl)cc4)CCC3)ccc21. The van der Waals surface area contributed by atoms with Gasteiger partial charge in [0.25, 0.3) is 0 Å². The molecule has 2 aliphatic rings. The van der Waals surface area contributed by atoms with Crippen LogP contribution < -0.4 is 10.2 Å². The summed E-state index contributed by atoms with van der Waals surface area (Å²) in [6.07, 6.45) is 3.57. The van der Waals surface area contributed by atoms with E-state index in [1.54, 1.807) is 11.8 Å². The fourth-order valence-corrected chi connectivity index (χ4v) is 4.13. The highest BCUT2D eigenvalue weighted by Crippen LogP contribution is 2.45. The van der Waals surface area contributed by atoms with E-state index in [2.05, 4.69) is 5.32 Å². The molecule has 4 nitrogen and oxygen atoms in total. The van der Waals surface area contributed by atoms with Crippen molar-refractivity contribution in [1.82, 2.24) is 0 Å². The number of nitrogens with one attached hydrogen (secondary N) is 1. The van der Waals surface area contributed by atoms with E-state index in [4.69, 9.17) is 11.6 Å². The molecule has 2 aromatic rings. The number of rotatable bonds is 3. The van der Waals surface area contributed by atoms with Gasteiger partial charge in [0.05, 0.1) is 5.41 Å². The lowest BCUT2D eigenvalue weighted by molar-refractivity contribution is -0.124. The van der Waals surface area contributed by atoms with Crippen LogP contribution in [0.5, 0.6) is 0 Å². The molecule has 0 atom stereocenters. The van der Waals surface area contributed by atoms with Crippen molar-refractivity contribution < 1.29 is 9.59 Å². The van der Waals surface area contributed by atoms with Crippen molar-refractivity contribution in [3.05, 3.63) is 58.6 Å². The molecule has 0 saturated heterocycles. The van der Waals surface area contributed by atoms with Crippen molar-refractivity contribution in [3.63, 3.8) is 0 Å². The van der Waals surface area contributed by atoms with Gasteiger partial charge < -0.3 is 10.2 Å². The minimum absolute atomic E-state index is 0.0347. The van der Waals surface area contributed by atoms with Crippen LogP contribution in [0.2, 0.25) is 5.02 Å². The number of fused-ring (bicyclic) bond motifs is 1. The molecule has 1 aliphatic carbocycles. The van der Waals surface area contributed by atoms with Crippen LogP contribution in [0.3, 0.4) is 0 Å². The molecule has 0 spiro atoms. The second-order valence-electron chi connectivity index (χ2n) is 7.16. The molecule has 0 aromatic heterocycles. The number of hydrogen-bond donors (Lipinski definition) is 1. The maximum Gasteiger partial charge on any atom is 0.235 e. The van der Waals surface area contributed by atoms with Gasteiger partial charge in [-0.05, 0) is 60.7 Å². The quantitative estimate of drug-likeness (QED) is 0.877. The van der Waals surface area contributed by atoms with Crippen LogP contribution in [0.1, 0.15) is 37.3 Å². The second-order valence-corrected chi connectivity index (χ2v) is 7.60. The molecule has 2 amide bonds. The molecule has 1 N–H and O–H groups in total. The first kappa shape index (κ1) is 17.1. The second kappa shape index (κ2) is 6.44. The van der Waals surface area contributed by atoms with E-state index in [9.17, 15) is 9.59 Å². The topological polar surface area (TPSA) is 49.4 Å². The minimum atomic E-state index is -0.463. The van der Waals surface area contributed by atoms with Crippen LogP contribution >= 0.6 is 11.6 Å². The molecular formula is C21H21ClN2O2. The van der Waals surface area contributed by atoms with Crippen LogP contribution in [0.15, 0.2) is 42.5 Å². The van der Waals surface area contributed by atoms with E-state index in [0.29, 0.717) is 11.6 Å². The largest absolute Gasteiger partial charge is 0.325 e. The number of halogens is 1. The fraction of sp³-hybridized carbons (Fsp3) is 0.333. The van der Waals surface area contributed by atoms with Crippen molar-refractivity contribution in [2.75, 3.05) is 16.8 Å². The van der Waals surface area contributed by atoms with Crippen molar-refractivity contribution in [2.24, 2.45) is 0 Å². The molecule has 5 heteroatoms. The summed E-state index contributed by atoms with van der Waals surface area (Å²) < 4.78 is 0. The third-order valence-electron chi connectivity index (χ3n) is 5.65. The van der Waals surface area contributed by atoms with Crippen LogP contribution in [0.4, 0.5) is 11.4 Å². The van der Waals surface area contributed by atoms with Gasteiger partial charge in [-0.1, -0.05) is 30.2 Å². The molecule has 26 heavy (non-hydrogen) atoms. The van der Waals surface area contributed by atoms with E-state index in [1.165, 1.54) is 0 Å². The maximum atomic E-state index is 13.1. The number of carbonyl (C=O) groups is 2. The lowest BCUT2D eigenvalue weighted by Crippen LogP contribution is -2.46. The third kappa shape index (κ3) is 2.78. The van der Waals surface area contributed by atoms with Gasteiger partial charge in [-0.2, -0.15) is 0 Å². The Bertz CT molecular complexity index is 872. The van der Waals surface area contributed by atoms with Crippen molar-refractivity contribution in [2.45, 2.75) is 38.0 Å². The van der Waals surface area contributed by atoms with Crippen LogP contribution in [-0.2, 0) is 21.4 Å². The lowest BCUT2D eigenvalue weighted by Gasteiger charge is -2.40. The number of anilines is 2. The zero-order valence-electron chi connectivity index (χ0n) is 14.7. The average molecular weight is 369 g/mol. The monoisotopic (exact) mass is 368 g/mol. The summed E-state index contributed by atoms with van der Waals surface area (Å²) in [7, 11) is 0. The molecule has 0 unspecified atom stereocenters. The number of hydrogen-bond acceptors (Lipinski definition) is 2. The molecule has 1 heterocycles. The summed E-state index contributed by atoms with van der Waals surface area (Å²) in [6.45, 7) is 2.29. The average Bonchev–Trinajstić information content (AvgIpc) is 2.99. The summed E-state index contributed by atoms with van der Waals surface area (Å²) in [6, 6.07) is 13.4. The van der Waals surface area contributed by atoms with Crippen molar-refractivity contribution in [1.29, 1.82) is 0 Å². The molecular weight excluding hydrogens is 348 g/mol. The first-order valence-electron chi connectivity index (χ1n) is 8.98. The Morgan fingerprint density at radius 2 is 1.85 bits per heavy atom. The number of amides is 2. The normalized spacial score (nSPS) is 17.4. The van der Waals surface area contributed by atoms with Crippen LogP contribution in [0.25, 0.3) is 0 Å². The summed E-state index contributed by atoms with van der Waals surface area (Å²) in [5, 5.41) is 3.77. The number of carbonyl (C=O) groups excluding carboxylic acids is 2. The standard InChI is InChI=1S/C21H21ClN2O2/c1-14(25)24-12-9-15-13-18(7-8-19(15)24)23-20(26)21(10-2-11-21)16-3-5-17(22)6-4-16/h3-8,13H,2,9-12H2,1H3,(H,23,26). The van der Waals surface area contributed by atoms with Gasteiger partial charge in [0.2, 0.25) is 11.8 Å². The van der Waals surface area contributed by atoms with Gasteiger partial charge in [-0.3, -0.25) is 9.59 Å². The predicted molar refractivity (Wildman–Crippen MR) is 104 cm³/mol. The fourth-order valence-electron chi connectivity index (χ4n) is 4.00. The van der Waals surface area contributed by atoms with Gasteiger partial charge in [-0.15, -0.1) is 0 Å². The first-order valence-corrected chi connectivity index (χ1v) is 9.36. The third-order valence-corrected chi connectivity index (χ3v) is 5.90. The Hall–Kier alpha value is -2.33. The number of benzene rings is 2. The zero-order valence-corrected chi connectivity index (χ0v) is 15.5. The first-order chi connectivity index (χ1) is 12.5. The molecule has 2 aromatic carbocycles. The molecule has 1 aliphatic heterocycles. The Morgan fingerprint density at radius 3 is 2.46 bits per heavy atom. The summed E-state index contributed by atoms with van der Waals surface area (Å²) in [5.41, 5.74) is 3.40. The van der Waals surface area contributed by atoms with Gasteiger partial charge in [0.1, 0.15) is 0 Å². The van der Waals surface area contributed by atoms with Gasteiger partial charge >= 0.3 is 0 Å². The maximum absolute atomic E-state index is 13.1. The molecule has 4 rings (SSSR count). The van der Waals surface area contributed by atoms with E-state index < -0.39 is 5.41 Å². The van der Waals surface area contributed by atoms with E-state index in [0.717, 1.165) is 48.2 Å². The Balaban J connectivity index is 1.56. The minimum Gasteiger partial charge on any atom is -0.325 e. The van der Waals surface area contributed by atoms with Gasteiger partial charge in [0.15, 0.2) is 0 Å².